The van der Waals surface area contributed by atoms with E-state index < -0.39 is 5.79 Å². The van der Waals surface area contributed by atoms with Crippen molar-refractivity contribution in [2.75, 3.05) is 13.6 Å². The van der Waals surface area contributed by atoms with Gasteiger partial charge in [0.1, 0.15) is 5.75 Å². The summed E-state index contributed by atoms with van der Waals surface area (Å²) in [5.41, 5.74) is 1.08. The lowest BCUT2D eigenvalue weighted by molar-refractivity contribution is -0.212. The highest BCUT2D eigenvalue weighted by atomic mass is 16.8. The maximum Gasteiger partial charge on any atom is 0.276 e. The van der Waals surface area contributed by atoms with Gasteiger partial charge in [0.05, 0.1) is 0 Å². The minimum atomic E-state index is -1.00. The summed E-state index contributed by atoms with van der Waals surface area (Å²) < 4.78 is 29.3. The molecule has 6 rings (SSSR count). The van der Waals surface area contributed by atoms with Gasteiger partial charge in [0.2, 0.25) is 6.79 Å². The molecule has 6 atom stereocenters. The van der Waals surface area contributed by atoms with Gasteiger partial charge in [-0.05, 0) is 24.3 Å². The Morgan fingerprint density at radius 3 is 2.69 bits per heavy atom. The van der Waals surface area contributed by atoms with Gasteiger partial charge < -0.3 is 18.9 Å². The fourth-order valence-corrected chi connectivity index (χ4v) is 5.55. The molecule has 0 aromatic heterocycles. The van der Waals surface area contributed by atoms with Crippen molar-refractivity contribution in [3.63, 3.8) is 0 Å². The first-order valence-electron chi connectivity index (χ1n) is 9.24. The van der Waals surface area contributed by atoms with Crippen molar-refractivity contribution in [1.29, 1.82) is 0 Å². The summed E-state index contributed by atoms with van der Waals surface area (Å²) in [5.74, 6) is 2.54. The lowest BCUT2D eigenvalue weighted by Crippen LogP contribution is -2.60. The van der Waals surface area contributed by atoms with Gasteiger partial charge in [-0.2, -0.15) is 0 Å². The first-order chi connectivity index (χ1) is 12.6. The minimum Gasteiger partial charge on any atom is -0.465 e. The molecule has 2 aliphatic carbocycles. The third kappa shape index (κ3) is 1.64. The molecular formula is C20H20O6. The Bertz CT molecular complexity index is 860. The Morgan fingerprint density at radius 1 is 1.04 bits per heavy atom. The van der Waals surface area contributed by atoms with Gasteiger partial charge in [0.15, 0.2) is 29.8 Å². The molecule has 0 amide bonds. The van der Waals surface area contributed by atoms with Crippen LogP contribution in [0.2, 0.25) is 0 Å². The highest BCUT2D eigenvalue weighted by Crippen LogP contribution is 2.63. The highest BCUT2D eigenvalue weighted by molar-refractivity contribution is 5.94. The molecule has 0 unspecified atom stereocenters. The van der Waals surface area contributed by atoms with Gasteiger partial charge in [-0.25, -0.2) is 0 Å². The molecule has 5 aliphatic rings. The third-order valence-electron chi connectivity index (χ3n) is 6.94. The number of ketones is 1. The zero-order valence-corrected chi connectivity index (χ0v) is 14.7. The SMILES string of the molecule is C[C@@H]1[C@H]2c3cc4c(cc3O[C@]35OCOC3=CC(=O)[C@H](C[C@H]1C)[C@@H]25)OCO4. The Kier molecular flexibility index (Phi) is 2.72. The van der Waals surface area contributed by atoms with Gasteiger partial charge in [-0.15, -0.1) is 0 Å². The highest BCUT2D eigenvalue weighted by Gasteiger charge is 2.66. The average molecular weight is 356 g/mol. The number of rotatable bonds is 0. The van der Waals surface area contributed by atoms with E-state index in [1.54, 1.807) is 6.08 Å². The van der Waals surface area contributed by atoms with Crippen molar-refractivity contribution in [2.45, 2.75) is 32.0 Å². The number of benzene rings is 1. The molecule has 0 radical (unpaired) electrons. The Hall–Kier alpha value is -2.21. The fourth-order valence-electron chi connectivity index (χ4n) is 5.55. The standard InChI is InChI=1S/C20H20O6/c1-9-3-11-13(21)5-17-20(25-8-24-17)19(11)18(10(9)2)12-4-15-16(23-7-22-15)6-14(12)26-20/h4-6,9-11,18-19H,3,7-8H2,1-2H3/t9-,10+,11+,18+,19+,20-/m1/s1. The molecule has 1 saturated heterocycles. The van der Waals surface area contributed by atoms with E-state index in [1.165, 1.54) is 0 Å². The van der Waals surface area contributed by atoms with Crippen molar-refractivity contribution < 1.29 is 28.5 Å². The molecule has 136 valence electrons. The van der Waals surface area contributed by atoms with Crippen LogP contribution in [0.4, 0.5) is 0 Å². The summed E-state index contributed by atoms with van der Waals surface area (Å²) in [6.07, 6.45) is 2.44. The number of ether oxygens (including phenoxy) is 5. The summed E-state index contributed by atoms with van der Waals surface area (Å²) >= 11 is 0. The lowest BCUT2D eigenvalue weighted by atomic mass is 9.55. The molecule has 26 heavy (non-hydrogen) atoms. The second-order valence-corrected chi connectivity index (χ2v) is 8.06. The molecule has 0 bridgehead atoms. The lowest BCUT2D eigenvalue weighted by Gasteiger charge is -2.54. The Morgan fingerprint density at radius 2 is 1.85 bits per heavy atom. The van der Waals surface area contributed by atoms with Crippen LogP contribution in [0.15, 0.2) is 24.0 Å². The van der Waals surface area contributed by atoms with E-state index in [1.807, 2.05) is 12.1 Å². The van der Waals surface area contributed by atoms with Crippen molar-refractivity contribution >= 4 is 5.78 Å². The van der Waals surface area contributed by atoms with E-state index in [4.69, 9.17) is 23.7 Å². The largest absolute Gasteiger partial charge is 0.465 e. The first kappa shape index (κ1) is 14.9. The van der Waals surface area contributed by atoms with Crippen LogP contribution in [0.3, 0.4) is 0 Å². The number of hydrogen-bond donors (Lipinski definition) is 0. The predicted octanol–water partition coefficient (Wildman–Crippen LogP) is 2.97. The van der Waals surface area contributed by atoms with Crippen LogP contribution in [-0.2, 0) is 14.3 Å². The van der Waals surface area contributed by atoms with Crippen molar-refractivity contribution in [2.24, 2.45) is 23.7 Å². The summed E-state index contributed by atoms with van der Waals surface area (Å²) in [6.45, 7) is 4.82. The second-order valence-electron chi connectivity index (χ2n) is 8.06. The average Bonchev–Trinajstić information content (AvgIpc) is 3.23. The van der Waals surface area contributed by atoms with E-state index in [-0.39, 0.29) is 37.1 Å². The minimum absolute atomic E-state index is 0.0865. The fraction of sp³-hybridized carbons (Fsp3) is 0.550. The summed E-state index contributed by atoms with van der Waals surface area (Å²) in [6, 6.07) is 3.92. The van der Waals surface area contributed by atoms with Crippen molar-refractivity contribution in [1.82, 2.24) is 0 Å². The molecule has 3 heterocycles. The van der Waals surface area contributed by atoms with Crippen LogP contribution in [-0.4, -0.2) is 25.2 Å². The van der Waals surface area contributed by atoms with Gasteiger partial charge in [0.25, 0.3) is 5.79 Å². The van der Waals surface area contributed by atoms with Crippen LogP contribution in [0, 0.1) is 23.7 Å². The Balaban J connectivity index is 1.61. The number of allylic oxidation sites excluding steroid dienone is 1. The molecule has 2 fully saturated rings. The van der Waals surface area contributed by atoms with E-state index in [0.29, 0.717) is 23.3 Å². The van der Waals surface area contributed by atoms with Gasteiger partial charge >= 0.3 is 0 Å². The molecular weight excluding hydrogens is 336 g/mol. The smallest absolute Gasteiger partial charge is 0.276 e. The quantitative estimate of drug-likeness (QED) is 0.712. The molecule has 6 nitrogen and oxygen atoms in total. The van der Waals surface area contributed by atoms with E-state index in [0.717, 1.165) is 23.5 Å². The monoisotopic (exact) mass is 356 g/mol. The number of fused-ring (bicyclic) bond motifs is 3. The maximum atomic E-state index is 12.8. The van der Waals surface area contributed by atoms with Gasteiger partial charge in [-0.3, -0.25) is 9.53 Å². The zero-order valence-electron chi connectivity index (χ0n) is 14.7. The van der Waals surface area contributed by atoms with Crippen LogP contribution in [0.1, 0.15) is 31.7 Å². The Labute approximate surface area is 151 Å². The second kappa shape index (κ2) is 4.74. The van der Waals surface area contributed by atoms with Crippen LogP contribution < -0.4 is 14.2 Å². The molecule has 0 N–H and O–H groups in total. The van der Waals surface area contributed by atoms with Crippen LogP contribution >= 0.6 is 0 Å². The van der Waals surface area contributed by atoms with E-state index >= 15 is 0 Å². The third-order valence-corrected chi connectivity index (χ3v) is 6.94. The zero-order chi connectivity index (χ0) is 17.6. The van der Waals surface area contributed by atoms with Gasteiger partial charge in [-0.1, -0.05) is 13.8 Å². The maximum absolute atomic E-state index is 12.8. The molecule has 1 spiro atoms. The van der Waals surface area contributed by atoms with Crippen molar-refractivity contribution in [3.8, 4) is 17.2 Å². The predicted molar refractivity (Wildman–Crippen MR) is 88.7 cm³/mol. The molecule has 1 saturated carbocycles. The van der Waals surface area contributed by atoms with Crippen molar-refractivity contribution in [3.05, 3.63) is 29.5 Å². The summed E-state index contributed by atoms with van der Waals surface area (Å²) in [7, 11) is 0. The molecule has 3 aliphatic heterocycles. The van der Waals surface area contributed by atoms with Crippen LogP contribution in [0.5, 0.6) is 17.2 Å². The van der Waals surface area contributed by atoms with E-state index in [2.05, 4.69) is 13.8 Å². The number of carbonyl (C=O) groups excluding carboxylic acids is 1. The summed E-state index contributed by atoms with van der Waals surface area (Å²) in [5, 5.41) is 0. The number of carbonyl (C=O) groups is 1. The number of hydrogen-bond acceptors (Lipinski definition) is 6. The van der Waals surface area contributed by atoms with Crippen LogP contribution in [0.25, 0.3) is 0 Å². The molecule has 1 aromatic carbocycles. The molecule has 6 heteroatoms. The normalized spacial score (nSPS) is 41.4. The molecule has 1 aromatic rings. The van der Waals surface area contributed by atoms with Gasteiger partial charge in [0, 0.05) is 35.5 Å². The summed E-state index contributed by atoms with van der Waals surface area (Å²) in [4.78, 5) is 12.8. The first-order valence-corrected chi connectivity index (χ1v) is 9.24. The topological polar surface area (TPSA) is 63.2 Å². The van der Waals surface area contributed by atoms with E-state index in [9.17, 15) is 4.79 Å².